The number of hydrogen-bond acceptors (Lipinski definition) is 2. The molecule has 0 saturated heterocycles. The van der Waals surface area contributed by atoms with E-state index in [1.807, 2.05) is 33.8 Å². The average Bonchev–Trinajstić information content (AvgIpc) is 2.68. The molecule has 0 aliphatic carbocycles. The zero-order chi connectivity index (χ0) is 20.2. The first-order valence-corrected chi connectivity index (χ1v) is 8.59. The van der Waals surface area contributed by atoms with Crippen LogP contribution in [0.1, 0.15) is 50.1 Å². The molecule has 1 aromatic carbocycles. The van der Waals surface area contributed by atoms with Crippen LogP contribution in [0.15, 0.2) is 49.7 Å². The molecule has 0 aliphatic rings. The molecule has 0 spiro atoms. The summed E-state index contributed by atoms with van der Waals surface area (Å²) in [4.78, 5) is 4.23. The molecule has 0 unspecified atom stereocenters. The van der Waals surface area contributed by atoms with Crippen molar-refractivity contribution in [3.05, 3.63) is 72.1 Å². The monoisotopic (exact) mass is 364 g/mol. The highest BCUT2D eigenvalue weighted by molar-refractivity contribution is 5.64. The molecular formula is C21H27F3N2. The van der Waals surface area contributed by atoms with Gasteiger partial charge < -0.3 is 5.32 Å². The van der Waals surface area contributed by atoms with Crippen molar-refractivity contribution in [1.29, 1.82) is 0 Å². The third-order valence-electron chi connectivity index (χ3n) is 3.14. The minimum atomic E-state index is -4.31. The highest BCUT2D eigenvalue weighted by Crippen LogP contribution is 2.29. The van der Waals surface area contributed by atoms with Gasteiger partial charge in [-0.3, -0.25) is 4.98 Å². The molecule has 5 heteroatoms. The second kappa shape index (κ2) is 11.9. The van der Waals surface area contributed by atoms with E-state index >= 15 is 0 Å². The summed E-state index contributed by atoms with van der Waals surface area (Å²) < 4.78 is 37.5. The van der Waals surface area contributed by atoms with E-state index in [0.717, 1.165) is 34.6 Å². The van der Waals surface area contributed by atoms with Gasteiger partial charge in [0.1, 0.15) is 0 Å². The summed E-state index contributed by atoms with van der Waals surface area (Å²) in [5.41, 5.74) is 2.44. The molecule has 0 saturated carbocycles. The molecule has 26 heavy (non-hydrogen) atoms. The van der Waals surface area contributed by atoms with Crippen molar-refractivity contribution in [3.8, 4) is 0 Å². The molecule has 0 atom stereocenters. The molecule has 0 amide bonds. The number of benzene rings is 1. The van der Waals surface area contributed by atoms with Crippen LogP contribution in [0.2, 0.25) is 0 Å². The lowest BCUT2D eigenvalue weighted by Crippen LogP contribution is -2.06. The summed E-state index contributed by atoms with van der Waals surface area (Å²) in [7, 11) is 0. The van der Waals surface area contributed by atoms with Crippen LogP contribution in [0, 0.1) is 0 Å². The summed E-state index contributed by atoms with van der Waals surface area (Å²) in [5.74, 6) is 0. The number of aromatic nitrogens is 1. The van der Waals surface area contributed by atoms with Crippen molar-refractivity contribution < 1.29 is 13.2 Å². The Hall–Kier alpha value is -2.56. The average molecular weight is 364 g/mol. The van der Waals surface area contributed by atoms with E-state index in [1.54, 1.807) is 18.3 Å². The first kappa shape index (κ1) is 23.4. The van der Waals surface area contributed by atoms with E-state index in [9.17, 15) is 13.2 Å². The Morgan fingerprint density at radius 3 is 2.04 bits per heavy atom. The molecule has 1 heterocycles. The highest BCUT2D eigenvalue weighted by Gasteiger charge is 2.29. The minimum absolute atomic E-state index is 0.407. The number of nitrogens with zero attached hydrogens (tertiary/aromatic N) is 1. The predicted octanol–water partition coefficient (Wildman–Crippen LogP) is 7.05. The van der Waals surface area contributed by atoms with Crippen LogP contribution in [0.4, 0.5) is 18.9 Å². The Morgan fingerprint density at radius 1 is 1.00 bits per heavy atom. The van der Waals surface area contributed by atoms with E-state index in [4.69, 9.17) is 0 Å². The highest BCUT2D eigenvalue weighted by atomic mass is 19.4. The van der Waals surface area contributed by atoms with Crippen LogP contribution < -0.4 is 5.32 Å². The van der Waals surface area contributed by atoms with Gasteiger partial charge in [-0.05, 0) is 29.8 Å². The standard InChI is InChI=1S/C17H15F3N2.2C2H6/c1-3-13-9-15(11-22-16(13)4-2)21-10-12-5-7-14(8-6-12)17(18,19)20;2*1-2/h3-9,11,21H,1-2,10H2;2*1-2H3. The van der Waals surface area contributed by atoms with Crippen molar-refractivity contribution >= 4 is 17.8 Å². The van der Waals surface area contributed by atoms with Gasteiger partial charge in [-0.2, -0.15) is 13.2 Å². The smallest absolute Gasteiger partial charge is 0.380 e. The van der Waals surface area contributed by atoms with Gasteiger partial charge in [0.15, 0.2) is 0 Å². The SMILES string of the molecule is C=Cc1cc(NCc2ccc(C(F)(F)F)cc2)cnc1C=C.CC.CC. The minimum Gasteiger partial charge on any atom is -0.380 e. The van der Waals surface area contributed by atoms with Crippen LogP contribution in [0.5, 0.6) is 0 Å². The first-order chi connectivity index (χ1) is 12.4. The Bertz CT molecular complexity index is 675. The Kier molecular flexibility index (Phi) is 10.7. The van der Waals surface area contributed by atoms with Gasteiger partial charge in [0, 0.05) is 12.1 Å². The molecule has 2 aromatic rings. The third kappa shape index (κ3) is 7.13. The molecule has 0 fully saturated rings. The number of rotatable bonds is 5. The van der Waals surface area contributed by atoms with E-state index < -0.39 is 11.7 Å². The summed E-state index contributed by atoms with van der Waals surface area (Å²) in [6.45, 7) is 15.8. The van der Waals surface area contributed by atoms with Crippen molar-refractivity contribution in [2.45, 2.75) is 40.4 Å². The first-order valence-electron chi connectivity index (χ1n) is 8.59. The van der Waals surface area contributed by atoms with Gasteiger partial charge in [0.25, 0.3) is 0 Å². The fraction of sp³-hybridized carbons (Fsp3) is 0.286. The third-order valence-corrected chi connectivity index (χ3v) is 3.14. The summed E-state index contributed by atoms with van der Waals surface area (Å²) in [6.07, 6.45) is 0.646. The van der Waals surface area contributed by atoms with Gasteiger partial charge in [-0.25, -0.2) is 0 Å². The second-order valence-electron chi connectivity index (χ2n) is 4.65. The van der Waals surface area contributed by atoms with Gasteiger partial charge >= 0.3 is 6.18 Å². The van der Waals surface area contributed by atoms with Crippen LogP contribution >= 0.6 is 0 Å². The van der Waals surface area contributed by atoms with Gasteiger partial charge in [0.2, 0.25) is 0 Å². The van der Waals surface area contributed by atoms with Crippen LogP contribution in [0.25, 0.3) is 12.2 Å². The van der Waals surface area contributed by atoms with Crippen molar-refractivity contribution in [3.63, 3.8) is 0 Å². The lowest BCUT2D eigenvalue weighted by molar-refractivity contribution is -0.137. The maximum atomic E-state index is 12.5. The quantitative estimate of drug-likeness (QED) is 0.615. The summed E-state index contributed by atoms with van der Waals surface area (Å²) in [6, 6.07) is 6.92. The fourth-order valence-corrected chi connectivity index (χ4v) is 1.94. The Morgan fingerprint density at radius 2 is 1.58 bits per heavy atom. The zero-order valence-electron chi connectivity index (χ0n) is 15.8. The lowest BCUT2D eigenvalue weighted by atomic mass is 10.1. The number of hydrogen-bond donors (Lipinski definition) is 1. The van der Waals surface area contributed by atoms with E-state index in [1.165, 1.54) is 12.1 Å². The molecular weight excluding hydrogens is 337 g/mol. The van der Waals surface area contributed by atoms with Crippen molar-refractivity contribution in [1.82, 2.24) is 4.98 Å². The fourth-order valence-electron chi connectivity index (χ4n) is 1.94. The van der Waals surface area contributed by atoms with Crippen LogP contribution in [-0.2, 0) is 12.7 Å². The number of alkyl halides is 3. The molecule has 2 rings (SSSR count). The van der Waals surface area contributed by atoms with Crippen molar-refractivity contribution in [2.24, 2.45) is 0 Å². The molecule has 1 aromatic heterocycles. The maximum absolute atomic E-state index is 12.5. The molecule has 0 radical (unpaired) electrons. The predicted molar refractivity (Wildman–Crippen MR) is 106 cm³/mol. The van der Waals surface area contributed by atoms with Gasteiger partial charge in [-0.1, -0.05) is 59.1 Å². The number of halogens is 3. The maximum Gasteiger partial charge on any atom is 0.416 e. The molecule has 0 bridgehead atoms. The van der Waals surface area contributed by atoms with E-state index in [0.29, 0.717) is 6.54 Å². The second-order valence-corrected chi connectivity index (χ2v) is 4.65. The molecule has 1 N–H and O–H groups in total. The summed E-state index contributed by atoms with van der Waals surface area (Å²) in [5, 5.41) is 3.12. The van der Waals surface area contributed by atoms with Gasteiger partial charge in [-0.15, -0.1) is 0 Å². The van der Waals surface area contributed by atoms with E-state index in [2.05, 4.69) is 23.5 Å². The topological polar surface area (TPSA) is 24.9 Å². The largest absolute Gasteiger partial charge is 0.416 e. The number of pyridine rings is 1. The normalized spacial score (nSPS) is 9.81. The Balaban J connectivity index is 0.00000146. The number of nitrogens with one attached hydrogen (secondary N) is 1. The van der Waals surface area contributed by atoms with Crippen LogP contribution in [-0.4, -0.2) is 4.98 Å². The van der Waals surface area contributed by atoms with Crippen molar-refractivity contribution in [2.75, 3.05) is 5.32 Å². The summed E-state index contributed by atoms with van der Waals surface area (Å²) >= 11 is 0. The Labute approximate surface area is 154 Å². The lowest BCUT2D eigenvalue weighted by Gasteiger charge is -2.10. The number of anilines is 1. The molecule has 142 valence electrons. The van der Waals surface area contributed by atoms with Crippen LogP contribution in [0.3, 0.4) is 0 Å². The molecule has 2 nitrogen and oxygen atoms in total. The van der Waals surface area contributed by atoms with E-state index in [-0.39, 0.29) is 0 Å². The zero-order valence-corrected chi connectivity index (χ0v) is 15.8. The van der Waals surface area contributed by atoms with Gasteiger partial charge in [0.05, 0.1) is 23.1 Å². The molecule has 0 aliphatic heterocycles.